The highest BCUT2D eigenvalue weighted by Gasteiger charge is 2.27. The number of nitrogens with one attached hydrogen (secondary N) is 1. The van der Waals surface area contributed by atoms with Crippen molar-refractivity contribution < 1.29 is 14.3 Å². The second-order valence-corrected chi connectivity index (χ2v) is 6.93. The molecular weight excluding hydrogens is 374 g/mol. The summed E-state index contributed by atoms with van der Waals surface area (Å²) in [6.45, 7) is 1.64. The zero-order chi connectivity index (χ0) is 19.6. The Morgan fingerprint density at radius 2 is 1.97 bits per heavy atom. The van der Waals surface area contributed by atoms with E-state index in [-0.39, 0.29) is 18.6 Å². The standard InChI is InChI=1S/C19H19N7O3/c27-19(22-14-3-4-15-16(8-14)29-12-28-15)13-2-1-7-25(9-13)17-5-6-18(24-23-17)26-11-20-10-21-26/h3-6,8,10-11,13H,1-2,7,9,12H2,(H,22,27). The van der Waals surface area contributed by atoms with E-state index in [1.807, 2.05) is 18.2 Å². The average molecular weight is 393 g/mol. The fraction of sp³-hybridized carbons (Fsp3) is 0.316. The third-order valence-corrected chi connectivity index (χ3v) is 5.05. The number of nitrogens with zero attached hydrogens (tertiary/aromatic N) is 6. The Balaban J connectivity index is 1.25. The summed E-state index contributed by atoms with van der Waals surface area (Å²) < 4.78 is 12.2. The Morgan fingerprint density at radius 1 is 1.10 bits per heavy atom. The monoisotopic (exact) mass is 393 g/mol. The number of carbonyl (C=O) groups is 1. The van der Waals surface area contributed by atoms with Crippen LogP contribution in [0, 0.1) is 5.92 Å². The second kappa shape index (κ2) is 7.38. The van der Waals surface area contributed by atoms with Crippen LogP contribution in [-0.2, 0) is 4.79 Å². The minimum absolute atomic E-state index is 0.0132. The van der Waals surface area contributed by atoms with Gasteiger partial charge in [0.25, 0.3) is 0 Å². The van der Waals surface area contributed by atoms with Crippen molar-refractivity contribution in [2.24, 2.45) is 5.92 Å². The van der Waals surface area contributed by atoms with Gasteiger partial charge in [-0.3, -0.25) is 4.79 Å². The van der Waals surface area contributed by atoms with Crippen LogP contribution in [0.3, 0.4) is 0 Å². The number of amides is 1. The largest absolute Gasteiger partial charge is 0.454 e. The maximum Gasteiger partial charge on any atom is 0.231 e. The van der Waals surface area contributed by atoms with Crippen LogP contribution >= 0.6 is 0 Å². The fourth-order valence-corrected chi connectivity index (χ4v) is 3.55. The molecule has 2 aliphatic heterocycles. The number of ether oxygens (including phenoxy) is 2. The molecule has 2 aromatic heterocycles. The topological polar surface area (TPSA) is 107 Å². The Kier molecular flexibility index (Phi) is 4.43. The summed E-state index contributed by atoms with van der Waals surface area (Å²) in [6, 6.07) is 9.14. The van der Waals surface area contributed by atoms with E-state index < -0.39 is 0 Å². The number of hydrogen-bond acceptors (Lipinski definition) is 8. The third kappa shape index (κ3) is 3.56. The van der Waals surface area contributed by atoms with Crippen molar-refractivity contribution in [1.82, 2.24) is 25.0 Å². The molecule has 0 spiro atoms. The fourth-order valence-electron chi connectivity index (χ4n) is 3.55. The molecule has 1 aromatic carbocycles. The number of anilines is 2. The van der Waals surface area contributed by atoms with Crippen LogP contribution in [0.25, 0.3) is 5.82 Å². The van der Waals surface area contributed by atoms with Crippen LogP contribution in [0.2, 0.25) is 0 Å². The zero-order valence-electron chi connectivity index (χ0n) is 15.6. The predicted octanol–water partition coefficient (Wildman–Crippen LogP) is 1.64. The first-order valence-electron chi connectivity index (χ1n) is 9.40. The lowest BCUT2D eigenvalue weighted by Crippen LogP contribution is -2.41. The lowest BCUT2D eigenvalue weighted by atomic mass is 9.97. The van der Waals surface area contributed by atoms with Crippen molar-refractivity contribution in [2.45, 2.75) is 12.8 Å². The first-order valence-corrected chi connectivity index (χ1v) is 9.40. The molecule has 2 aliphatic rings. The zero-order valence-corrected chi connectivity index (χ0v) is 15.6. The van der Waals surface area contributed by atoms with Crippen LogP contribution < -0.4 is 19.7 Å². The highest BCUT2D eigenvalue weighted by atomic mass is 16.7. The van der Waals surface area contributed by atoms with Gasteiger partial charge in [-0.25, -0.2) is 9.67 Å². The molecule has 1 amide bonds. The van der Waals surface area contributed by atoms with E-state index in [4.69, 9.17) is 9.47 Å². The summed E-state index contributed by atoms with van der Waals surface area (Å²) >= 11 is 0. The van der Waals surface area contributed by atoms with Crippen molar-refractivity contribution in [3.63, 3.8) is 0 Å². The van der Waals surface area contributed by atoms with Gasteiger partial charge in [-0.15, -0.1) is 10.2 Å². The smallest absolute Gasteiger partial charge is 0.231 e. The average Bonchev–Trinajstić information content (AvgIpc) is 3.46. The molecule has 1 N–H and O–H groups in total. The molecule has 4 heterocycles. The van der Waals surface area contributed by atoms with Crippen LogP contribution in [0.5, 0.6) is 11.5 Å². The van der Waals surface area contributed by atoms with Gasteiger partial charge in [-0.05, 0) is 37.1 Å². The van der Waals surface area contributed by atoms with Gasteiger partial charge in [-0.2, -0.15) is 5.10 Å². The van der Waals surface area contributed by atoms with Crippen molar-refractivity contribution >= 4 is 17.4 Å². The van der Waals surface area contributed by atoms with Crippen molar-refractivity contribution in [3.05, 3.63) is 43.0 Å². The quantitative estimate of drug-likeness (QED) is 0.713. The highest BCUT2D eigenvalue weighted by molar-refractivity contribution is 5.93. The molecule has 0 radical (unpaired) electrons. The van der Waals surface area contributed by atoms with Crippen LogP contribution in [0.1, 0.15) is 12.8 Å². The van der Waals surface area contributed by atoms with E-state index in [0.717, 1.165) is 25.2 Å². The van der Waals surface area contributed by atoms with E-state index in [9.17, 15) is 4.79 Å². The minimum Gasteiger partial charge on any atom is -0.454 e. The number of rotatable bonds is 4. The molecule has 1 atom stereocenters. The molecule has 29 heavy (non-hydrogen) atoms. The molecular formula is C19H19N7O3. The van der Waals surface area contributed by atoms with Gasteiger partial charge in [0.05, 0.1) is 5.92 Å². The molecule has 148 valence electrons. The Labute approximate surface area is 166 Å². The summed E-state index contributed by atoms with van der Waals surface area (Å²) in [7, 11) is 0. The molecule has 10 heteroatoms. The lowest BCUT2D eigenvalue weighted by Gasteiger charge is -2.32. The predicted molar refractivity (Wildman–Crippen MR) is 103 cm³/mol. The summed E-state index contributed by atoms with van der Waals surface area (Å²) in [5, 5.41) is 15.5. The number of hydrogen-bond donors (Lipinski definition) is 1. The molecule has 5 rings (SSSR count). The van der Waals surface area contributed by atoms with Crippen LogP contribution in [0.4, 0.5) is 11.5 Å². The molecule has 10 nitrogen and oxygen atoms in total. The number of benzene rings is 1. The molecule has 0 saturated carbocycles. The van der Waals surface area contributed by atoms with Crippen molar-refractivity contribution in [1.29, 1.82) is 0 Å². The lowest BCUT2D eigenvalue weighted by molar-refractivity contribution is -0.120. The number of carbonyl (C=O) groups excluding carboxylic acids is 1. The van der Waals surface area contributed by atoms with Crippen LogP contribution in [0.15, 0.2) is 43.0 Å². The highest BCUT2D eigenvalue weighted by Crippen LogP contribution is 2.34. The maximum absolute atomic E-state index is 12.8. The Bertz CT molecular complexity index is 1010. The van der Waals surface area contributed by atoms with E-state index >= 15 is 0 Å². The molecule has 0 bridgehead atoms. The number of fused-ring (bicyclic) bond motifs is 1. The minimum atomic E-state index is -0.133. The molecule has 1 saturated heterocycles. The Hall–Kier alpha value is -3.69. The normalized spacial score (nSPS) is 17.9. The first kappa shape index (κ1) is 17.4. The molecule has 3 aromatic rings. The van der Waals surface area contributed by atoms with Gasteiger partial charge in [-0.1, -0.05) is 0 Å². The van der Waals surface area contributed by atoms with Crippen molar-refractivity contribution in [2.75, 3.05) is 30.1 Å². The van der Waals surface area contributed by atoms with Gasteiger partial charge >= 0.3 is 0 Å². The van der Waals surface area contributed by atoms with E-state index in [1.54, 1.807) is 23.1 Å². The first-order chi connectivity index (χ1) is 14.3. The van der Waals surface area contributed by atoms with Gasteiger partial charge < -0.3 is 19.7 Å². The van der Waals surface area contributed by atoms with Gasteiger partial charge in [0.1, 0.15) is 12.7 Å². The number of piperidine rings is 1. The van der Waals surface area contributed by atoms with Gasteiger partial charge in [0.15, 0.2) is 23.1 Å². The second-order valence-electron chi connectivity index (χ2n) is 6.93. The van der Waals surface area contributed by atoms with Crippen LogP contribution in [-0.4, -0.2) is 50.8 Å². The third-order valence-electron chi connectivity index (χ3n) is 5.05. The van der Waals surface area contributed by atoms with Crippen molar-refractivity contribution in [3.8, 4) is 17.3 Å². The summed E-state index contributed by atoms with van der Waals surface area (Å²) in [6.07, 6.45) is 4.76. The molecule has 1 unspecified atom stereocenters. The molecule has 0 aliphatic carbocycles. The van der Waals surface area contributed by atoms with E-state index in [0.29, 0.717) is 29.5 Å². The van der Waals surface area contributed by atoms with E-state index in [1.165, 1.54) is 6.33 Å². The summed E-state index contributed by atoms with van der Waals surface area (Å²) in [5.74, 6) is 2.54. The maximum atomic E-state index is 12.8. The Morgan fingerprint density at radius 3 is 2.79 bits per heavy atom. The SMILES string of the molecule is O=C(Nc1ccc2c(c1)OCO2)C1CCCN(c2ccc(-n3cncn3)nn2)C1. The van der Waals surface area contributed by atoms with E-state index in [2.05, 4.69) is 30.5 Å². The van der Waals surface area contributed by atoms with Gasteiger partial charge in [0.2, 0.25) is 12.7 Å². The van der Waals surface area contributed by atoms with Gasteiger partial charge in [0, 0.05) is 24.8 Å². The summed E-state index contributed by atoms with van der Waals surface area (Å²) in [5.41, 5.74) is 0.702. The number of aromatic nitrogens is 5. The summed E-state index contributed by atoms with van der Waals surface area (Å²) in [4.78, 5) is 18.8. The molecule has 1 fully saturated rings.